The van der Waals surface area contributed by atoms with Gasteiger partial charge in [-0.15, -0.1) is 0 Å². The molecule has 0 saturated heterocycles. The third kappa shape index (κ3) is 3.20. The van der Waals surface area contributed by atoms with Gasteiger partial charge in [0.2, 0.25) is 5.91 Å². The molecule has 0 unspecified atom stereocenters. The summed E-state index contributed by atoms with van der Waals surface area (Å²) in [6, 6.07) is 7.59. The van der Waals surface area contributed by atoms with Gasteiger partial charge >= 0.3 is 0 Å². The molecular weight excluding hydrogens is 220 g/mol. The number of rotatable bonds is 5. The quantitative estimate of drug-likeness (QED) is 0.565. The van der Waals surface area contributed by atoms with Gasteiger partial charge in [-0.05, 0) is 12.1 Å². The van der Waals surface area contributed by atoms with Crippen LogP contribution in [-0.2, 0) is 16.2 Å². The first kappa shape index (κ1) is 11.4. The summed E-state index contributed by atoms with van der Waals surface area (Å²) in [5, 5.41) is 0. The van der Waals surface area contributed by atoms with Crippen molar-refractivity contribution in [3.05, 3.63) is 36.2 Å². The van der Waals surface area contributed by atoms with Crippen LogP contribution in [0.1, 0.15) is 5.69 Å². The van der Waals surface area contributed by atoms with E-state index in [2.05, 4.69) is 15.4 Å². The third-order valence-corrected chi connectivity index (χ3v) is 2.07. The number of benzene rings is 1. The van der Waals surface area contributed by atoms with E-state index in [4.69, 9.17) is 10.6 Å². The fourth-order valence-electron chi connectivity index (χ4n) is 1.33. The van der Waals surface area contributed by atoms with Crippen LogP contribution in [0.5, 0.6) is 0 Å². The van der Waals surface area contributed by atoms with Gasteiger partial charge in [-0.1, -0.05) is 12.1 Å². The van der Waals surface area contributed by atoms with E-state index in [0.29, 0.717) is 6.54 Å². The van der Waals surface area contributed by atoms with E-state index >= 15 is 0 Å². The molecule has 0 saturated carbocycles. The van der Waals surface area contributed by atoms with Crippen LogP contribution in [0.3, 0.4) is 0 Å². The molecule has 6 nitrogen and oxygen atoms in total. The number of nitrogens with zero attached hydrogens (tertiary/aromatic N) is 2. The molecule has 0 fully saturated rings. The molecule has 1 heterocycles. The summed E-state index contributed by atoms with van der Waals surface area (Å²) in [7, 11) is 0. The van der Waals surface area contributed by atoms with Gasteiger partial charge in [0.25, 0.3) is 0 Å². The summed E-state index contributed by atoms with van der Waals surface area (Å²) < 4.78 is 0. The Bertz CT molecular complexity index is 530. The first-order chi connectivity index (χ1) is 8.25. The first-order valence-electron chi connectivity index (χ1n) is 5.09. The molecule has 2 rings (SSSR count). The molecule has 1 amide bonds. The van der Waals surface area contributed by atoms with Crippen LogP contribution < -0.4 is 11.2 Å². The lowest BCUT2D eigenvalue weighted by molar-refractivity contribution is -0.125. The van der Waals surface area contributed by atoms with Gasteiger partial charge in [0.15, 0.2) is 0 Å². The van der Waals surface area contributed by atoms with Gasteiger partial charge in [-0.3, -0.25) is 14.6 Å². The number of carbonyl (C=O) groups excluding carboxylic acids is 1. The Labute approximate surface area is 97.8 Å². The Balaban J connectivity index is 1.97. The summed E-state index contributed by atoms with van der Waals surface area (Å²) in [5.74, 6) is -0.526. The van der Waals surface area contributed by atoms with Gasteiger partial charge in [0.1, 0.15) is 6.61 Å². The van der Waals surface area contributed by atoms with Gasteiger partial charge in [0.05, 0.1) is 29.5 Å². The van der Waals surface area contributed by atoms with Crippen molar-refractivity contribution in [2.75, 3.05) is 6.61 Å². The predicted octanol–water partition coefficient (Wildman–Crippen LogP) is 0.136. The van der Waals surface area contributed by atoms with Gasteiger partial charge < -0.3 is 5.73 Å². The molecule has 1 aromatic heterocycles. The maximum atomic E-state index is 10.4. The number of amides is 1. The standard InChI is InChI=1S/C11H12N4O2/c12-11(16)7-17-14-6-8-5-13-9-3-1-2-4-10(9)15-8/h1-5,14H,6-7H2,(H2,12,16). The lowest BCUT2D eigenvalue weighted by Crippen LogP contribution is -2.24. The topological polar surface area (TPSA) is 90.1 Å². The smallest absolute Gasteiger partial charge is 0.245 e. The number of primary amides is 1. The van der Waals surface area contributed by atoms with E-state index in [1.807, 2.05) is 24.3 Å². The number of hydroxylamine groups is 1. The number of hydrogen-bond donors (Lipinski definition) is 2. The van der Waals surface area contributed by atoms with E-state index in [1.54, 1.807) is 6.20 Å². The van der Waals surface area contributed by atoms with Gasteiger partial charge in [0, 0.05) is 0 Å². The number of nitrogens with two attached hydrogens (primary N) is 1. The molecule has 0 aliphatic rings. The average Bonchev–Trinajstić information content (AvgIpc) is 2.34. The minimum absolute atomic E-state index is 0.166. The van der Waals surface area contributed by atoms with E-state index in [9.17, 15) is 4.79 Å². The zero-order chi connectivity index (χ0) is 12.1. The summed E-state index contributed by atoms with van der Waals surface area (Å²) >= 11 is 0. The first-order valence-corrected chi connectivity index (χ1v) is 5.09. The molecule has 3 N–H and O–H groups in total. The number of nitrogens with one attached hydrogen (secondary N) is 1. The predicted molar refractivity (Wildman–Crippen MR) is 61.5 cm³/mol. The number of carbonyl (C=O) groups is 1. The summed E-state index contributed by atoms with van der Waals surface area (Å²) in [6.45, 7) is 0.201. The molecule has 0 atom stereocenters. The van der Waals surface area contributed by atoms with E-state index < -0.39 is 5.91 Å². The average molecular weight is 232 g/mol. The molecule has 0 aliphatic carbocycles. The lowest BCUT2D eigenvalue weighted by atomic mass is 10.3. The largest absolute Gasteiger partial charge is 0.368 e. The van der Waals surface area contributed by atoms with Crippen LogP contribution in [0, 0.1) is 0 Å². The minimum Gasteiger partial charge on any atom is -0.368 e. The highest BCUT2D eigenvalue weighted by Crippen LogP contribution is 2.07. The Morgan fingerprint density at radius 3 is 2.88 bits per heavy atom. The molecular formula is C11H12N4O2. The Morgan fingerprint density at radius 1 is 1.35 bits per heavy atom. The van der Waals surface area contributed by atoms with E-state index in [-0.39, 0.29) is 6.61 Å². The van der Waals surface area contributed by atoms with Crippen molar-refractivity contribution in [3.63, 3.8) is 0 Å². The molecule has 17 heavy (non-hydrogen) atoms. The summed E-state index contributed by atoms with van der Waals surface area (Å²) in [5.41, 5.74) is 9.90. The Morgan fingerprint density at radius 2 is 2.12 bits per heavy atom. The van der Waals surface area contributed by atoms with Crippen molar-refractivity contribution in [2.24, 2.45) is 5.73 Å². The Kier molecular flexibility index (Phi) is 3.59. The van der Waals surface area contributed by atoms with Crippen LogP contribution in [0.4, 0.5) is 0 Å². The summed E-state index contributed by atoms with van der Waals surface area (Å²) in [6.07, 6.45) is 1.66. The van der Waals surface area contributed by atoms with Crippen LogP contribution in [0.15, 0.2) is 30.5 Å². The highest BCUT2D eigenvalue weighted by Gasteiger charge is 1.99. The van der Waals surface area contributed by atoms with Crippen LogP contribution in [-0.4, -0.2) is 22.5 Å². The molecule has 1 aromatic carbocycles. The molecule has 0 bridgehead atoms. The molecule has 0 aliphatic heterocycles. The lowest BCUT2D eigenvalue weighted by Gasteiger charge is -2.04. The highest BCUT2D eigenvalue weighted by molar-refractivity contribution is 5.75. The third-order valence-electron chi connectivity index (χ3n) is 2.07. The maximum Gasteiger partial charge on any atom is 0.245 e. The zero-order valence-electron chi connectivity index (χ0n) is 9.09. The molecule has 2 aromatic rings. The Hall–Kier alpha value is -2.05. The second kappa shape index (κ2) is 5.33. The van der Waals surface area contributed by atoms with Crippen molar-refractivity contribution in [2.45, 2.75) is 6.54 Å². The fraction of sp³-hybridized carbons (Fsp3) is 0.182. The summed E-state index contributed by atoms with van der Waals surface area (Å²) in [4.78, 5) is 23.8. The zero-order valence-corrected chi connectivity index (χ0v) is 9.09. The van der Waals surface area contributed by atoms with E-state index in [0.717, 1.165) is 16.7 Å². The monoisotopic (exact) mass is 232 g/mol. The molecule has 6 heteroatoms. The SMILES string of the molecule is NC(=O)CONCc1cnc2ccccc2n1. The van der Waals surface area contributed by atoms with Crippen molar-refractivity contribution in [1.29, 1.82) is 0 Å². The van der Waals surface area contributed by atoms with Crippen LogP contribution in [0.2, 0.25) is 0 Å². The van der Waals surface area contributed by atoms with Crippen molar-refractivity contribution in [3.8, 4) is 0 Å². The van der Waals surface area contributed by atoms with Gasteiger partial charge in [-0.25, -0.2) is 4.98 Å². The van der Waals surface area contributed by atoms with Gasteiger partial charge in [-0.2, -0.15) is 5.48 Å². The van der Waals surface area contributed by atoms with Crippen LogP contribution >= 0.6 is 0 Å². The second-order valence-electron chi connectivity index (χ2n) is 3.43. The normalized spacial score (nSPS) is 10.6. The van der Waals surface area contributed by atoms with Crippen molar-refractivity contribution < 1.29 is 9.63 Å². The second-order valence-corrected chi connectivity index (χ2v) is 3.43. The fourth-order valence-corrected chi connectivity index (χ4v) is 1.33. The molecule has 88 valence electrons. The number of para-hydroxylation sites is 2. The number of aromatic nitrogens is 2. The minimum atomic E-state index is -0.526. The maximum absolute atomic E-state index is 10.4. The molecule has 0 spiro atoms. The van der Waals surface area contributed by atoms with Crippen molar-refractivity contribution in [1.82, 2.24) is 15.4 Å². The van der Waals surface area contributed by atoms with Crippen LogP contribution in [0.25, 0.3) is 11.0 Å². The van der Waals surface area contributed by atoms with Crippen molar-refractivity contribution >= 4 is 16.9 Å². The van der Waals surface area contributed by atoms with E-state index in [1.165, 1.54) is 0 Å². The highest BCUT2D eigenvalue weighted by atomic mass is 16.6. The molecule has 0 radical (unpaired) electrons. The number of hydrogen-bond acceptors (Lipinski definition) is 5. The number of fused-ring (bicyclic) bond motifs is 1.